The largest absolute Gasteiger partial charge is 1.00 e. The van der Waals surface area contributed by atoms with Crippen molar-refractivity contribution in [3.05, 3.63) is 137 Å². The fourth-order valence-electron chi connectivity index (χ4n) is 4.98. The van der Waals surface area contributed by atoms with E-state index in [1.807, 2.05) is 0 Å². The summed E-state index contributed by atoms with van der Waals surface area (Å²) >= 11 is 0. The molecule has 0 saturated heterocycles. The summed E-state index contributed by atoms with van der Waals surface area (Å²) in [4.78, 5) is 52.6. The number of nitrogens with zero attached hydrogens (tertiary/aromatic N) is 4. The van der Waals surface area contributed by atoms with E-state index in [1.54, 1.807) is 0 Å². The van der Waals surface area contributed by atoms with Gasteiger partial charge < -0.3 is 37.0 Å². The minimum Gasteiger partial charge on any atom is -1.00 e. The molecule has 2 heterocycles. The Morgan fingerprint density at radius 3 is 1.94 bits per heavy atom. The predicted octanol–water partition coefficient (Wildman–Crippen LogP) is -11.9. The van der Waals surface area contributed by atoms with Crippen molar-refractivity contribution in [1.29, 1.82) is 5.41 Å². The molecule has 0 fully saturated rings. The zero-order valence-corrected chi connectivity index (χ0v) is 35.9. The Morgan fingerprint density at radius 2 is 1.40 bits per heavy atom. The molecule has 0 spiro atoms. The third-order valence-corrected chi connectivity index (χ3v) is 8.87. The van der Waals surface area contributed by atoms with E-state index in [1.165, 1.54) is 53.7 Å². The SMILES string of the molecule is N=c1c(S(=O)(=O)[O-])cc(=Nc2ccc(S(=O)(=O)[O-])c(Nc3nc(=O)nc(N4C=CC(=C(O)O)C=C4)[nH]3)c2)c2c(=O)c3ccccc3c(=O)c1=2.[Cl-].[Na+].[Na+].[Na+]. The Bertz CT molecular complexity index is 2940. The van der Waals surface area contributed by atoms with Crippen LogP contribution in [0.25, 0.3) is 10.8 Å². The van der Waals surface area contributed by atoms with Crippen LogP contribution in [0.15, 0.2) is 114 Å². The standard InChI is InChI=1S/C29H19N7O11S2.ClH.3Na/c30-23-20(49(45,46)47)12-18(21-22(23)25(38)16-4-2-1-3-15(16)24(21)37)31-14-5-6-19(48(42,43)44)17(11-14)32-27-33-28(35-29(41)34-27)36-9-7-13(8-10-36)26(39)40;;;;/h1-12,30,39-40H,(H,42,43,44)(H,45,46,47)(H2,32,33,34,35,41);1H;;;/q;;3*+1/p-3. The molecule has 0 amide bonds. The number of aliphatic hydroxyl groups excluding tert-OH is 1. The number of aromatic nitrogens is 3. The van der Waals surface area contributed by atoms with Gasteiger partial charge in [-0.3, -0.25) is 24.9 Å². The fraction of sp³-hybridized carbons (Fsp3) is 0. The smallest absolute Gasteiger partial charge is 1.00 e. The summed E-state index contributed by atoms with van der Waals surface area (Å²) in [6.45, 7) is 0. The molecular weight excluding hydrogens is 791 g/mol. The first-order valence-electron chi connectivity index (χ1n) is 13.4. The molecule has 1 aromatic heterocycles. The number of rotatable bonds is 6. The third kappa shape index (κ3) is 9.43. The second kappa shape index (κ2) is 17.6. The number of anilines is 3. The second-order valence-electron chi connectivity index (χ2n) is 10.2. The van der Waals surface area contributed by atoms with Crippen molar-refractivity contribution in [2.24, 2.45) is 4.99 Å². The van der Waals surface area contributed by atoms with Gasteiger partial charge in [0.05, 0.1) is 47.9 Å². The van der Waals surface area contributed by atoms with Gasteiger partial charge in [-0.2, -0.15) is 9.97 Å². The van der Waals surface area contributed by atoms with E-state index in [9.17, 15) is 50.5 Å². The first kappa shape index (κ1) is 46.1. The molecule has 0 radical (unpaired) electrons. The summed E-state index contributed by atoms with van der Waals surface area (Å²) < 4.78 is 72.8. The molecule has 0 unspecified atom stereocenters. The number of H-pyrrole nitrogens is 1. The molecule has 2 aromatic carbocycles. The topological polar surface area (TPSA) is 299 Å². The van der Waals surface area contributed by atoms with Crippen LogP contribution in [0.3, 0.4) is 0 Å². The molecule has 24 heteroatoms. The van der Waals surface area contributed by atoms with E-state index in [4.69, 9.17) is 5.41 Å². The number of nitrogens with one attached hydrogen (secondary N) is 3. The van der Waals surface area contributed by atoms with Gasteiger partial charge in [0.15, 0.2) is 10.9 Å². The van der Waals surface area contributed by atoms with Crippen LogP contribution in [0.5, 0.6) is 0 Å². The molecule has 1 aliphatic heterocycles. The number of halogens is 1. The van der Waals surface area contributed by atoms with Gasteiger partial charge in [0, 0.05) is 23.2 Å². The van der Waals surface area contributed by atoms with Crippen LogP contribution in [-0.4, -0.2) is 51.1 Å². The quantitative estimate of drug-likeness (QED) is 0.0605. The number of hydrogen-bond acceptors (Lipinski definition) is 17. The Balaban J connectivity index is 0.00000243. The van der Waals surface area contributed by atoms with Gasteiger partial charge in [-0.15, -0.1) is 0 Å². The van der Waals surface area contributed by atoms with E-state index < -0.39 is 85.3 Å². The summed E-state index contributed by atoms with van der Waals surface area (Å²) in [6.07, 6.45) is 5.12. The summed E-state index contributed by atoms with van der Waals surface area (Å²) in [6, 6.07) is 8.96. The van der Waals surface area contributed by atoms with Crippen molar-refractivity contribution in [3.8, 4) is 0 Å². The molecule has 3 aliphatic rings. The first-order valence-corrected chi connectivity index (χ1v) is 16.3. The van der Waals surface area contributed by atoms with Gasteiger partial charge >= 0.3 is 94.4 Å². The van der Waals surface area contributed by atoms with E-state index in [2.05, 4.69) is 25.3 Å². The molecule has 0 saturated carbocycles. The van der Waals surface area contributed by atoms with Gasteiger partial charge in [0.1, 0.15) is 20.2 Å². The van der Waals surface area contributed by atoms with Crippen LogP contribution in [0.2, 0.25) is 0 Å². The normalized spacial score (nSPS) is 12.8. The molecular formula is C29H17ClN7Na3O11S2. The molecule has 2 aliphatic carbocycles. The number of hydrogen-bond donors (Lipinski definition) is 5. The van der Waals surface area contributed by atoms with Crippen molar-refractivity contribution >= 4 is 54.3 Å². The van der Waals surface area contributed by atoms with Gasteiger partial charge in [0.25, 0.3) is 5.95 Å². The maximum atomic E-state index is 13.6. The van der Waals surface area contributed by atoms with Gasteiger partial charge in [-0.25, -0.2) is 26.6 Å². The molecule has 256 valence electrons. The molecule has 18 nitrogen and oxygen atoms in total. The molecule has 0 bridgehead atoms. The van der Waals surface area contributed by atoms with Gasteiger partial charge in [0.2, 0.25) is 11.9 Å². The zero-order valence-electron chi connectivity index (χ0n) is 27.5. The van der Waals surface area contributed by atoms with Crippen molar-refractivity contribution in [2.45, 2.75) is 9.79 Å². The summed E-state index contributed by atoms with van der Waals surface area (Å²) in [5, 5.41) is 26.4. The average Bonchev–Trinajstić information content (AvgIpc) is 3.03. The minimum absolute atomic E-state index is 0. The first-order chi connectivity index (χ1) is 23.0. The fourth-order valence-corrected chi connectivity index (χ4v) is 6.20. The predicted molar refractivity (Wildman–Crippen MR) is 167 cm³/mol. The number of aromatic amines is 1. The average molecular weight is 808 g/mol. The molecule has 6 rings (SSSR count). The van der Waals surface area contributed by atoms with Crippen LogP contribution < -0.4 is 139 Å². The van der Waals surface area contributed by atoms with Gasteiger partial charge in [-0.05, 0) is 36.4 Å². The van der Waals surface area contributed by atoms with E-state index in [0.29, 0.717) is 6.07 Å². The Hall–Kier alpha value is -3.06. The van der Waals surface area contributed by atoms with Crippen LogP contribution in [0, 0.1) is 15.8 Å². The maximum Gasteiger partial charge on any atom is 1.00 e. The van der Waals surface area contributed by atoms with Crippen molar-refractivity contribution in [3.63, 3.8) is 0 Å². The summed E-state index contributed by atoms with van der Waals surface area (Å²) in [7, 11) is -10.6. The Kier molecular flexibility index (Phi) is 15.3. The van der Waals surface area contributed by atoms with E-state index in [0.717, 1.165) is 18.2 Å². The van der Waals surface area contributed by atoms with Gasteiger partial charge in [-0.1, -0.05) is 24.3 Å². The van der Waals surface area contributed by atoms with E-state index >= 15 is 0 Å². The summed E-state index contributed by atoms with van der Waals surface area (Å²) in [5.41, 5.74) is -3.51. The van der Waals surface area contributed by atoms with Crippen molar-refractivity contribution in [1.82, 2.24) is 15.0 Å². The number of aliphatic hydroxyl groups is 2. The number of benzene rings is 2. The summed E-state index contributed by atoms with van der Waals surface area (Å²) in [5.74, 6) is -1.58. The number of fused-ring (bicyclic) bond motifs is 1. The third-order valence-electron chi connectivity index (χ3n) is 7.12. The Labute approximate surface area is 369 Å². The molecule has 53 heavy (non-hydrogen) atoms. The molecule has 3 aromatic rings. The monoisotopic (exact) mass is 807 g/mol. The van der Waals surface area contributed by atoms with Crippen LogP contribution in [0.1, 0.15) is 0 Å². The zero-order chi connectivity index (χ0) is 35.4. The Morgan fingerprint density at radius 1 is 0.830 bits per heavy atom. The van der Waals surface area contributed by atoms with Crippen molar-refractivity contribution < 1.29 is 137 Å². The van der Waals surface area contributed by atoms with Crippen LogP contribution >= 0.6 is 0 Å². The van der Waals surface area contributed by atoms with Crippen molar-refractivity contribution in [2.75, 3.05) is 10.2 Å². The molecule has 0 atom stereocenters. The maximum absolute atomic E-state index is 13.6. The minimum atomic E-state index is -5.38. The van der Waals surface area contributed by atoms with Crippen LogP contribution in [0.4, 0.5) is 23.3 Å². The number of allylic oxidation sites excluding steroid dienone is 3. The molecule has 5 N–H and O–H groups in total. The second-order valence-corrected chi connectivity index (χ2v) is 12.9. The van der Waals surface area contributed by atoms with Crippen LogP contribution in [-0.2, 0) is 20.2 Å². The van der Waals surface area contributed by atoms with E-state index in [-0.39, 0.29) is 129 Å².